The third kappa shape index (κ3) is 1.91. The van der Waals surface area contributed by atoms with E-state index in [1.54, 1.807) is 0 Å². The Morgan fingerprint density at radius 1 is 0.905 bits per heavy atom. The van der Waals surface area contributed by atoms with Gasteiger partial charge in [0.1, 0.15) is 0 Å². The van der Waals surface area contributed by atoms with Crippen molar-refractivity contribution in [3.05, 3.63) is 0 Å². The van der Waals surface area contributed by atoms with Crippen molar-refractivity contribution in [2.75, 3.05) is 0 Å². The van der Waals surface area contributed by atoms with Crippen LogP contribution in [0.4, 0.5) is 0 Å². The molecule has 1 unspecified atom stereocenters. The van der Waals surface area contributed by atoms with Gasteiger partial charge in [-0.3, -0.25) is 0 Å². The number of hydrogen-bond acceptors (Lipinski definition) is 2. The second kappa shape index (κ2) is 4.71. The average Bonchev–Trinajstić information content (AvgIpc) is 2.86. The molecule has 4 saturated carbocycles. The maximum atomic E-state index is 10.6. The van der Waals surface area contributed by atoms with E-state index in [-0.39, 0.29) is 17.4 Å². The lowest BCUT2D eigenvalue weighted by Gasteiger charge is -2.60. The fraction of sp³-hybridized carbons (Fsp3) is 1.00. The summed E-state index contributed by atoms with van der Waals surface area (Å²) in [5.41, 5.74) is -0.595. The van der Waals surface area contributed by atoms with Crippen molar-refractivity contribution in [3.8, 4) is 0 Å². The van der Waals surface area contributed by atoms with Crippen molar-refractivity contribution in [1.82, 2.24) is 0 Å². The number of fused-ring (bicyclic) bond motifs is 5. The molecule has 0 amide bonds. The number of rotatable bonds is 0. The van der Waals surface area contributed by atoms with Crippen LogP contribution in [0.15, 0.2) is 0 Å². The van der Waals surface area contributed by atoms with Gasteiger partial charge in [-0.2, -0.15) is 0 Å². The Balaban J connectivity index is 1.67. The highest BCUT2D eigenvalue weighted by Crippen LogP contribution is 2.66. The molecule has 0 radical (unpaired) electrons. The standard InChI is InChI=1S/C19H32O2/c1-18-9-7-13(20)11-12(18)3-4-14-15-5-6-17(21)19(15,2)10-8-16(14)18/h12-17,20-21H,3-11H2,1-2H3/t12-,13?,14-,15-,16-,17-,18-,19-/m0/s1/i2D3. The Hall–Kier alpha value is -0.0800. The average molecular weight is 295 g/mol. The summed E-state index contributed by atoms with van der Waals surface area (Å²) in [6, 6.07) is 0. The Bertz CT molecular complexity index is 507. The van der Waals surface area contributed by atoms with Gasteiger partial charge in [0.25, 0.3) is 0 Å². The van der Waals surface area contributed by atoms with Crippen molar-refractivity contribution in [2.24, 2.45) is 34.5 Å². The fourth-order valence-corrected chi connectivity index (χ4v) is 6.88. The van der Waals surface area contributed by atoms with Gasteiger partial charge >= 0.3 is 0 Å². The van der Waals surface area contributed by atoms with Crippen LogP contribution in [0, 0.1) is 34.5 Å². The first kappa shape index (κ1) is 11.5. The van der Waals surface area contributed by atoms with E-state index in [1.165, 1.54) is 0 Å². The van der Waals surface area contributed by atoms with Crippen molar-refractivity contribution in [3.63, 3.8) is 0 Å². The highest BCUT2D eigenvalue weighted by atomic mass is 16.3. The van der Waals surface area contributed by atoms with Gasteiger partial charge in [0.05, 0.1) is 12.2 Å². The molecule has 4 fully saturated rings. The first-order chi connectivity index (χ1) is 11.2. The van der Waals surface area contributed by atoms with E-state index < -0.39 is 18.4 Å². The van der Waals surface area contributed by atoms with Crippen LogP contribution in [-0.2, 0) is 0 Å². The summed E-state index contributed by atoms with van der Waals surface area (Å²) >= 11 is 0. The Labute approximate surface area is 133 Å². The zero-order valence-electron chi connectivity index (χ0n) is 16.2. The van der Waals surface area contributed by atoms with Gasteiger partial charge in [0, 0.05) is 4.11 Å². The molecule has 0 heterocycles. The van der Waals surface area contributed by atoms with E-state index in [0.29, 0.717) is 30.6 Å². The Morgan fingerprint density at radius 3 is 2.48 bits per heavy atom. The third-order valence-electron chi connectivity index (χ3n) is 8.11. The zero-order valence-corrected chi connectivity index (χ0v) is 13.2. The maximum Gasteiger partial charge on any atom is 0.0596 e. The van der Waals surface area contributed by atoms with E-state index in [9.17, 15) is 10.2 Å². The molecule has 2 heteroatoms. The minimum Gasteiger partial charge on any atom is -0.393 e. The van der Waals surface area contributed by atoms with Crippen LogP contribution in [-0.4, -0.2) is 22.4 Å². The lowest BCUT2D eigenvalue weighted by atomic mass is 9.45. The van der Waals surface area contributed by atoms with E-state index >= 15 is 0 Å². The highest BCUT2D eigenvalue weighted by Gasteiger charge is 2.59. The van der Waals surface area contributed by atoms with Crippen LogP contribution in [0.2, 0.25) is 0 Å². The summed E-state index contributed by atoms with van der Waals surface area (Å²) in [7, 11) is 0. The lowest BCUT2D eigenvalue weighted by molar-refractivity contribution is -0.133. The second-order valence-corrected chi connectivity index (χ2v) is 8.76. The molecule has 0 aromatic rings. The molecule has 21 heavy (non-hydrogen) atoms. The van der Waals surface area contributed by atoms with E-state index in [2.05, 4.69) is 6.92 Å². The topological polar surface area (TPSA) is 40.5 Å². The fourth-order valence-electron chi connectivity index (χ4n) is 6.88. The quantitative estimate of drug-likeness (QED) is 0.714. The number of aliphatic hydroxyl groups excluding tert-OH is 2. The monoisotopic (exact) mass is 295 g/mol. The molecule has 0 bridgehead atoms. The van der Waals surface area contributed by atoms with Gasteiger partial charge < -0.3 is 10.2 Å². The van der Waals surface area contributed by atoms with Gasteiger partial charge in [-0.25, -0.2) is 0 Å². The molecule has 0 aromatic carbocycles. The molecule has 8 atom stereocenters. The minimum atomic E-state index is -2.06. The van der Waals surface area contributed by atoms with Crippen LogP contribution in [0.1, 0.15) is 75.7 Å². The molecule has 0 aliphatic heterocycles. The van der Waals surface area contributed by atoms with Gasteiger partial charge in [0.15, 0.2) is 0 Å². The smallest absolute Gasteiger partial charge is 0.0596 e. The first-order valence-corrected chi connectivity index (χ1v) is 9.06. The first-order valence-electron chi connectivity index (χ1n) is 10.6. The van der Waals surface area contributed by atoms with Crippen LogP contribution in [0.5, 0.6) is 0 Å². The third-order valence-corrected chi connectivity index (χ3v) is 8.11. The molecule has 2 N–H and O–H groups in total. The lowest BCUT2D eigenvalue weighted by Crippen LogP contribution is -2.54. The highest BCUT2D eigenvalue weighted by molar-refractivity contribution is 5.09. The summed E-state index contributed by atoms with van der Waals surface area (Å²) in [5, 5.41) is 20.7. The molecule has 2 nitrogen and oxygen atoms in total. The predicted octanol–water partition coefficient (Wildman–Crippen LogP) is 3.75. The van der Waals surface area contributed by atoms with Gasteiger partial charge in [-0.15, -0.1) is 0 Å². The summed E-state index contributed by atoms with van der Waals surface area (Å²) in [5.74, 6) is 1.78. The molecular formula is C19H32O2. The largest absolute Gasteiger partial charge is 0.393 e. The molecule has 0 spiro atoms. The summed E-state index contributed by atoms with van der Waals surface area (Å²) in [6.07, 6.45) is 7.45. The SMILES string of the molecule is [2H]C([2H])([2H])[C@]12CC[C@H]3[C@@H](CC[C@H]4CC(O)CC[C@@]43C)[C@@H]1CC[C@@H]2O. The number of hydrogen-bond donors (Lipinski definition) is 2. The van der Waals surface area contributed by atoms with Gasteiger partial charge in [0.2, 0.25) is 0 Å². The maximum absolute atomic E-state index is 10.6. The van der Waals surface area contributed by atoms with Gasteiger partial charge in [-0.05, 0) is 92.3 Å². The zero-order chi connectivity index (χ0) is 17.3. The molecule has 0 aromatic heterocycles. The molecule has 4 rings (SSSR count). The molecule has 0 saturated heterocycles. The normalized spacial score (nSPS) is 62.7. The molecule has 4 aliphatic rings. The molecule has 4 aliphatic carbocycles. The van der Waals surface area contributed by atoms with E-state index in [0.717, 1.165) is 44.9 Å². The Kier molecular flexibility index (Phi) is 2.57. The summed E-state index contributed by atoms with van der Waals surface area (Å²) in [6.45, 7) is 0.354. The van der Waals surface area contributed by atoms with Crippen LogP contribution < -0.4 is 0 Å². The molecule has 120 valence electrons. The minimum absolute atomic E-state index is 0.141. The van der Waals surface area contributed by atoms with Crippen molar-refractivity contribution >= 4 is 0 Å². The molecular weight excluding hydrogens is 260 g/mol. The second-order valence-electron chi connectivity index (χ2n) is 8.76. The van der Waals surface area contributed by atoms with Crippen molar-refractivity contribution in [2.45, 2.75) is 83.8 Å². The Morgan fingerprint density at radius 2 is 1.67 bits per heavy atom. The summed E-state index contributed by atoms with van der Waals surface area (Å²) in [4.78, 5) is 0. The van der Waals surface area contributed by atoms with E-state index in [1.807, 2.05) is 0 Å². The van der Waals surface area contributed by atoms with Crippen LogP contribution in [0.25, 0.3) is 0 Å². The number of aliphatic hydroxyl groups is 2. The van der Waals surface area contributed by atoms with Crippen molar-refractivity contribution < 1.29 is 14.3 Å². The van der Waals surface area contributed by atoms with Gasteiger partial charge in [-0.1, -0.05) is 13.8 Å². The van der Waals surface area contributed by atoms with Crippen LogP contribution in [0.3, 0.4) is 0 Å². The van der Waals surface area contributed by atoms with Crippen LogP contribution >= 0.6 is 0 Å². The summed E-state index contributed by atoms with van der Waals surface area (Å²) < 4.78 is 24.5. The van der Waals surface area contributed by atoms with Crippen molar-refractivity contribution in [1.29, 1.82) is 0 Å². The predicted molar refractivity (Wildman–Crippen MR) is 83.7 cm³/mol. The van der Waals surface area contributed by atoms with E-state index in [4.69, 9.17) is 4.11 Å².